The molecule has 0 atom stereocenters. The van der Waals surface area contributed by atoms with Gasteiger partial charge in [0, 0.05) is 11.9 Å². The van der Waals surface area contributed by atoms with Gasteiger partial charge in [-0.2, -0.15) is 0 Å². The number of fused-ring (bicyclic) bond motifs is 1. The van der Waals surface area contributed by atoms with E-state index in [4.69, 9.17) is 4.42 Å². The van der Waals surface area contributed by atoms with Crippen LogP contribution in [0.25, 0.3) is 11.0 Å². The van der Waals surface area contributed by atoms with E-state index in [1.807, 2.05) is 13.8 Å². The zero-order valence-electron chi connectivity index (χ0n) is 10.5. The van der Waals surface area contributed by atoms with Gasteiger partial charge in [-0.15, -0.1) is 0 Å². The maximum atomic E-state index is 13.1. The van der Waals surface area contributed by atoms with Gasteiger partial charge in [0.25, 0.3) is 0 Å². The van der Waals surface area contributed by atoms with Gasteiger partial charge in [0.1, 0.15) is 17.2 Å². The summed E-state index contributed by atoms with van der Waals surface area (Å²) in [5.41, 5.74) is 1.45. The van der Waals surface area contributed by atoms with Gasteiger partial charge in [0.05, 0.1) is 6.42 Å². The van der Waals surface area contributed by atoms with Crippen molar-refractivity contribution in [3.8, 4) is 0 Å². The Morgan fingerprint density at radius 1 is 1.44 bits per heavy atom. The molecular formula is C14H16FNO2. The average Bonchev–Trinajstić information content (AvgIpc) is 2.64. The molecule has 0 unspecified atom stereocenters. The van der Waals surface area contributed by atoms with Gasteiger partial charge in [-0.05, 0) is 37.1 Å². The highest BCUT2D eigenvalue weighted by molar-refractivity contribution is 5.85. The van der Waals surface area contributed by atoms with Crippen molar-refractivity contribution in [2.24, 2.45) is 0 Å². The molecular weight excluding hydrogens is 233 g/mol. The summed E-state index contributed by atoms with van der Waals surface area (Å²) in [7, 11) is 0. The molecule has 0 saturated carbocycles. The van der Waals surface area contributed by atoms with E-state index in [-0.39, 0.29) is 18.1 Å². The topological polar surface area (TPSA) is 42.2 Å². The maximum Gasteiger partial charge on any atom is 0.227 e. The molecule has 0 aliphatic rings. The van der Waals surface area contributed by atoms with Gasteiger partial charge in [0.2, 0.25) is 5.91 Å². The van der Waals surface area contributed by atoms with Crippen molar-refractivity contribution in [1.82, 2.24) is 5.32 Å². The number of amides is 1. The Hall–Kier alpha value is -1.84. The van der Waals surface area contributed by atoms with Crippen LogP contribution >= 0.6 is 0 Å². The third-order valence-corrected chi connectivity index (χ3v) is 2.89. The fraction of sp³-hybridized carbons (Fsp3) is 0.357. The Labute approximate surface area is 105 Å². The van der Waals surface area contributed by atoms with Crippen LogP contribution < -0.4 is 5.32 Å². The summed E-state index contributed by atoms with van der Waals surface area (Å²) in [5, 5.41) is 3.52. The van der Waals surface area contributed by atoms with Gasteiger partial charge < -0.3 is 9.73 Å². The Kier molecular flexibility index (Phi) is 3.65. The molecule has 2 aromatic rings. The Morgan fingerprint density at radius 2 is 2.22 bits per heavy atom. The lowest BCUT2D eigenvalue weighted by atomic mass is 10.1. The molecule has 4 heteroatoms. The van der Waals surface area contributed by atoms with E-state index in [1.165, 1.54) is 12.1 Å². The van der Waals surface area contributed by atoms with Crippen molar-refractivity contribution >= 4 is 16.9 Å². The largest absolute Gasteiger partial charge is 0.460 e. The van der Waals surface area contributed by atoms with Crippen LogP contribution in [0.1, 0.15) is 24.7 Å². The summed E-state index contributed by atoms with van der Waals surface area (Å²) in [5.74, 6) is 0.233. The summed E-state index contributed by atoms with van der Waals surface area (Å²) < 4.78 is 18.7. The molecule has 1 amide bonds. The van der Waals surface area contributed by atoms with Crippen molar-refractivity contribution in [2.75, 3.05) is 6.54 Å². The van der Waals surface area contributed by atoms with Crippen LogP contribution in [0.2, 0.25) is 0 Å². The Bertz CT molecular complexity index is 574. The standard InChI is InChI=1S/C14H16FNO2/c1-3-6-16-14(17)8-13-9(2)11-7-10(15)4-5-12(11)18-13/h4-5,7H,3,6,8H2,1-2H3,(H,16,17). The summed E-state index contributed by atoms with van der Waals surface area (Å²) in [4.78, 5) is 11.6. The number of halogens is 1. The minimum atomic E-state index is -0.298. The number of carbonyl (C=O) groups is 1. The average molecular weight is 249 g/mol. The van der Waals surface area contributed by atoms with Crippen LogP contribution in [0.5, 0.6) is 0 Å². The SMILES string of the molecule is CCCNC(=O)Cc1oc2ccc(F)cc2c1C. The Morgan fingerprint density at radius 3 is 2.94 bits per heavy atom. The second-order valence-electron chi connectivity index (χ2n) is 4.32. The number of rotatable bonds is 4. The predicted molar refractivity (Wildman–Crippen MR) is 67.9 cm³/mol. The van der Waals surface area contributed by atoms with Crippen molar-refractivity contribution < 1.29 is 13.6 Å². The summed E-state index contributed by atoms with van der Waals surface area (Å²) >= 11 is 0. The second-order valence-corrected chi connectivity index (χ2v) is 4.32. The third kappa shape index (κ3) is 2.53. The molecule has 0 aliphatic heterocycles. The van der Waals surface area contributed by atoms with Crippen molar-refractivity contribution in [3.05, 3.63) is 35.3 Å². The number of hydrogen-bond donors (Lipinski definition) is 1. The maximum absolute atomic E-state index is 13.1. The minimum absolute atomic E-state index is 0.0699. The molecule has 0 saturated heterocycles. The van der Waals surface area contributed by atoms with E-state index in [2.05, 4.69) is 5.32 Å². The van der Waals surface area contributed by atoms with Gasteiger partial charge >= 0.3 is 0 Å². The third-order valence-electron chi connectivity index (χ3n) is 2.89. The molecule has 0 radical (unpaired) electrons. The fourth-order valence-corrected chi connectivity index (χ4v) is 1.89. The molecule has 1 N–H and O–H groups in total. The molecule has 3 nitrogen and oxygen atoms in total. The molecule has 0 spiro atoms. The summed E-state index contributed by atoms with van der Waals surface area (Å²) in [6, 6.07) is 4.37. The number of hydrogen-bond acceptors (Lipinski definition) is 2. The molecule has 1 aromatic heterocycles. The van der Waals surface area contributed by atoms with E-state index in [0.717, 1.165) is 17.4 Å². The summed E-state index contributed by atoms with van der Waals surface area (Å²) in [6.45, 7) is 4.50. The van der Waals surface area contributed by atoms with Crippen molar-refractivity contribution in [3.63, 3.8) is 0 Å². The number of aryl methyl sites for hydroxylation is 1. The lowest BCUT2D eigenvalue weighted by Gasteiger charge is -2.01. The first kappa shape index (κ1) is 12.6. The van der Waals surface area contributed by atoms with Crippen LogP contribution in [0.15, 0.2) is 22.6 Å². The first-order valence-corrected chi connectivity index (χ1v) is 6.06. The van der Waals surface area contributed by atoms with Gasteiger partial charge in [-0.3, -0.25) is 4.79 Å². The highest BCUT2D eigenvalue weighted by atomic mass is 19.1. The molecule has 96 valence electrons. The second kappa shape index (κ2) is 5.21. The van der Waals surface area contributed by atoms with Crippen LogP contribution in [0, 0.1) is 12.7 Å². The molecule has 0 fully saturated rings. The summed E-state index contributed by atoms with van der Waals surface area (Å²) in [6.07, 6.45) is 1.10. The lowest BCUT2D eigenvalue weighted by Crippen LogP contribution is -2.25. The number of benzene rings is 1. The van der Waals surface area contributed by atoms with Crippen molar-refractivity contribution in [1.29, 1.82) is 0 Å². The first-order valence-electron chi connectivity index (χ1n) is 6.06. The van der Waals surface area contributed by atoms with Crippen LogP contribution in [-0.2, 0) is 11.2 Å². The molecule has 1 heterocycles. The number of nitrogens with one attached hydrogen (secondary N) is 1. The normalized spacial score (nSPS) is 10.8. The van der Waals surface area contributed by atoms with Crippen molar-refractivity contribution in [2.45, 2.75) is 26.7 Å². The van der Waals surface area contributed by atoms with Crippen LogP contribution in [0.3, 0.4) is 0 Å². The molecule has 18 heavy (non-hydrogen) atoms. The number of carbonyl (C=O) groups excluding carboxylic acids is 1. The quantitative estimate of drug-likeness (QED) is 0.905. The zero-order valence-corrected chi connectivity index (χ0v) is 10.5. The molecule has 0 aliphatic carbocycles. The number of furan rings is 1. The predicted octanol–water partition coefficient (Wildman–Crippen LogP) is 2.95. The van der Waals surface area contributed by atoms with Gasteiger partial charge in [-0.25, -0.2) is 4.39 Å². The van der Waals surface area contributed by atoms with Crippen LogP contribution in [0.4, 0.5) is 4.39 Å². The van der Waals surface area contributed by atoms with Gasteiger partial charge in [-0.1, -0.05) is 6.92 Å². The van der Waals surface area contributed by atoms with E-state index < -0.39 is 0 Å². The molecule has 2 rings (SSSR count). The lowest BCUT2D eigenvalue weighted by molar-refractivity contribution is -0.120. The highest BCUT2D eigenvalue weighted by Gasteiger charge is 2.14. The van der Waals surface area contributed by atoms with Gasteiger partial charge in [0.15, 0.2) is 0 Å². The van der Waals surface area contributed by atoms with E-state index in [9.17, 15) is 9.18 Å². The highest BCUT2D eigenvalue weighted by Crippen LogP contribution is 2.26. The van der Waals surface area contributed by atoms with Crippen LogP contribution in [-0.4, -0.2) is 12.5 Å². The van der Waals surface area contributed by atoms with E-state index in [0.29, 0.717) is 17.9 Å². The van der Waals surface area contributed by atoms with E-state index >= 15 is 0 Å². The Balaban J connectivity index is 2.23. The van der Waals surface area contributed by atoms with E-state index in [1.54, 1.807) is 6.07 Å². The smallest absolute Gasteiger partial charge is 0.227 e. The monoisotopic (exact) mass is 249 g/mol. The minimum Gasteiger partial charge on any atom is -0.460 e. The molecule has 0 bridgehead atoms. The fourth-order valence-electron chi connectivity index (χ4n) is 1.89. The zero-order chi connectivity index (χ0) is 13.1. The first-order chi connectivity index (χ1) is 8.61. The molecule has 1 aromatic carbocycles.